The minimum absolute atomic E-state index is 0.222. The molecule has 0 aliphatic rings. The monoisotopic (exact) mass is 339 g/mol. The van der Waals surface area contributed by atoms with Gasteiger partial charge in [0, 0.05) is 18.9 Å². The Hall–Kier alpha value is -2.36. The Morgan fingerprint density at radius 1 is 1.30 bits per heavy atom. The molecule has 3 rings (SSSR count). The van der Waals surface area contributed by atoms with Crippen LogP contribution in [0.5, 0.6) is 0 Å². The molecular weight excluding hydrogens is 324 g/mol. The van der Waals surface area contributed by atoms with Crippen LogP contribution in [0.15, 0.2) is 12.3 Å². The second-order valence-corrected chi connectivity index (χ2v) is 5.61. The van der Waals surface area contributed by atoms with Crippen LogP contribution in [0.1, 0.15) is 29.3 Å². The first-order chi connectivity index (χ1) is 10.9. The largest absolute Gasteiger partial charge is 0.282 e. The lowest BCUT2D eigenvalue weighted by Crippen LogP contribution is -2.10. The second kappa shape index (κ2) is 5.69. The summed E-state index contributed by atoms with van der Waals surface area (Å²) in [6.07, 6.45) is -0.777. The Kier molecular flexibility index (Phi) is 3.84. The summed E-state index contributed by atoms with van der Waals surface area (Å²) in [6, 6.07) is 1.37. The molecule has 0 aliphatic carbocycles. The number of aryl methyl sites for hydroxylation is 3. The molecule has 0 amide bonds. The van der Waals surface area contributed by atoms with Crippen LogP contribution < -0.4 is 0 Å². The molecule has 0 bridgehead atoms. The van der Waals surface area contributed by atoms with Crippen molar-refractivity contribution in [3.8, 4) is 5.69 Å². The van der Waals surface area contributed by atoms with Crippen molar-refractivity contribution in [1.82, 2.24) is 34.3 Å². The van der Waals surface area contributed by atoms with Gasteiger partial charge in [-0.3, -0.25) is 19.0 Å². The van der Waals surface area contributed by atoms with Crippen LogP contribution in [0.2, 0.25) is 0 Å². The molecule has 0 radical (unpaired) electrons. The molecule has 10 heteroatoms. The molecular formula is C13H15F2N7S. The van der Waals surface area contributed by atoms with Crippen LogP contribution in [0.25, 0.3) is 5.69 Å². The molecule has 3 aromatic heterocycles. The van der Waals surface area contributed by atoms with Gasteiger partial charge in [0.2, 0.25) is 0 Å². The minimum Gasteiger partial charge on any atom is -0.273 e. The summed E-state index contributed by atoms with van der Waals surface area (Å²) in [7, 11) is 1.81. The maximum atomic E-state index is 12.8. The van der Waals surface area contributed by atoms with Crippen molar-refractivity contribution in [2.24, 2.45) is 7.05 Å². The van der Waals surface area contributed by atoms with E-state index in [4.69, 9.17) is 12.2 Å². The molecule has 7 nitrogen and oxygen atoms in total. The van der Waals surface area contributed by atoms with Crippen LogP contribution in [0.3, 0.4) is 0 Å². The molecule has 0 saturated carbocycles. The molecule has 0 aromatic carbocycles. The number of rotatable bonds is 4. The van der Waals surface area contributed by atoms with Gasteiger partial charge < -0.3 is 0 Å². The smallest absolute Gasteiger partial charge is 0.273 e. The van der Waals surface area contributed by atoms with Crippen LogP contribution in [0.4, 0.5) is 8.78 Å². The molecule has 1 N–H and O–H groups in total. The summed E-state index contributed by atoms with van der Waals surface area (Å²) in [5.74, 6) is 0.568. The Labute approximate surface area is 135 Å². The molecule has 0 fully saturated rings. The minimum atomic E-state index is -2.60. The van der Waals surface area contributed by atoms with Crippen molar-refractivity contribution in [2.75, 3.05) is 0 Å². The fourth-order valence-corrected chi connectivity index (χ4v) is 2.68. The standard InChI is InChI=1S/C13H15F2N7S/c1-7-4-9(12(14)15)19-21(7)6-11-16-17-13(23)22(11)10-5-20(3)18-8(10)2/h4-5,12H,6H2,1-3H3,(H,17,23). The Morgan fingerprint density at radius 3 is 2.61 bits per heavy atom. The summed E-state index contributed by atoms with van der Waals surface area (Å²) < 4.78 is 30.9. The van der Waals surface area contributed by atoms with E-state index >= 15 is 0 Å². The summed E-state index contributed by atoms with van der Waals surface area (Å²) in [5, 5.41) is 15.1. The molecule has 0 atom stereocenters. The number of H-pyrrole nitrogens is 1. The van der Waals surface area contributed by atoms with Gasteiger partial charge in [0.15, 0.2) is 10.6 Å². The normalized spacial score (nSPS) is 11.6. The zero-order chi connectivity index (χ0) is 16.7. The molecule has 0 spiro atoms. The first-order valence-electron chi connectivity index (χ1n) is 6.86. The van der Waals surface area contributed by atoms with Gasteiger partial charge in [0.05, 0.1) is 11.4 Å². The lowest BCUT2D eigenvalue weighted by atomic mass is 10.3. The number of alkyl halides is 2. The first-order valence-corrected chi connectivity index (χ1v) is 7.27. The molecule has 0 unspecified atom stereocenters. The van der Waals surface area contributed by atoms with E-state index in [1.54, 1.807) is 16.2 Å². The van der Waals surface area contributed by atoms with E-state index in [-0.39, 0.29) is 12.2 Å². The van der Waals surface area contributed by atoms with Gasteiger partial charge in [-0.2, -0.15) is 15.3 Å². The number of nitrogens with zero attached hydrogens (tertiary/aromatic N) is 6. The third-order valence-corrected chi connectivity index (χ3v) is 3.76. The van der Waals surface area contributed by atoms with Crippen LogP contribution in [-0.2, 0) is 13.6 Å². The number of aromatic nitrogens is 7. The highest BCUT2D eigenvalue weighted by atomic mass is 32.1. The summed E-state index contributed by atoms with van der Waals surface area (Å²) in [4.78, 5) is 0. The fourth-order valence-electron chi connectivity index (χ4n) is 2.43. The summed E-state index contributed by atoms with van der Waals surface area (Å²) in [6.45, 7) is 3.81. The Morgan fingerprint density at radius 2 is 2.04 bits per heavy atom. The van der Waals surface area contributed by atoms with Crippen LogP contribution in [0, 0.1) is 18.6 Å². The van der Waals surface area contributed by atoms with E-state index < -0.39 is 6.43 Å². The maximum Gasteiger partial charge on any atom is 0.282 e. The fraction of sp³-hybridized carbons (Fsp3) is 0.385. The molecule has 0 aliphatic heterocycles. The Balaban J connectivity index is 2.03. The first kappa shape index (κ1) is 15.5. The van der Waals surface area contributed by atoms with Gasteiger partial charge in [-0.25, -0.2) is 8.78 Å². The van der Waals surface area contributed by atoms with Crippen molar-refractivity contribution in [3.05, 3.63) is 39.9 Å². The lowest BCUT2D eigenvalue weighted by Gasteiger charge is -2.07. The van der Waals surface area contributed by atoms with Gasteiger partial charge in [0.1, 0.15) is 12.2 Å². The number of nitrogens with one attached hydrogen (secondary N) is 1. The van der Waals surface area contributed by atoms with Gasteiger partial charge in [-0.1, -0.05) is 0 Å². The van der Waals surface area contributed by atoms with E-state index in [2.05, 4.69) is 20.4 Å². The average Bonchev–Trinajstić information content (AvgIpc) is 3.10. The van der Waals surface area contributed by atoms with Crippen molar-refractivity contribution >= 4 is 12.2 Å². The number of aromatic amines is 1. The molecule has 3 aromatic rings. The van der Waals surface area contributed by atoms with Gasteiger partial charge in [0.25, 0.3) is 6.43 Å². The summed E-state index contributed by atoms with van der Waals surface area (Å²) >= 11 is 5.28. The highest BCUT2D eigenvalue weighted by molar-refractivity contribution is 7.71. The van der Waals surface area contributed by atoms with Gasteiger partial charge >= 0.3 is 0 Å². The maximum absolute atomic E-state index is 12.8. The molecule has 0 saturated heterocycles. The van der Waals surface area contributed by atoms with E-state index in [0.29, 0.717) is 16.3 Å². The van der Waals surface area contributed by atoms with E-state index in [9.17, 15) is 8.78 Å². The van der Waals surface area contributed by atoms with Crippen LogP contribution >= 0.6 is 12.2 Å². The SMILES string of the molecule is Cc1nn(C)cc1-n1c(Cn2nc(C(F)F)cc2C)n[nH]c1=S. The zero-order valence-corrected chi connectivity index (χ0v) is 13.6. The lowest BCUT2D eigenvalue weighted by molar-refractivity contribution is 0.145. The van der Waals surface area contributed by atoms with Crippen molar-refractivity contribution in [3.63, 3.8) is 0 Å². The zero-order valence-electron chi connectivity index (χ0n) is 12.8. The van der Waals surface area contributed by atoms with E-state index in [0.717, 1.165) is 11.4 Å². The molecule has 122 valence electrons. The highest BCUT2D eigenvalue weighted by Gasteiger charge is 2.17. The van der Waals surface area contributed by atoms with Gasteiger partial charge in [-0.15, -0.1) is 0 Å². The topological polar surface area (TPSA) is 69.2 Å². The second-order valence-electron chi connectivity index (χ2n) is 5.22. The number of halogens is 2. The summed E-state index contributed by atoms with van der Waals surface area (Å²) in [5.41, 5.74) is 1.96. The van der Waals surface area contributed by atoms with Crippen LogP contribution in [-0.4, -0.2) is 34.3 Å². The number of hydrogen-bond acceptors (Lipinski definition) is 4. The van der Waals surface area contributed by atoms with Crippen molar-refractivity contribution in [2.45, 2.75) is 26.8 Å². The predicted octanol–water partition coefficient (Wildman–Crippen LogP) is 2.46. The predicted molar refractivity (Wildman–Crippen MR) is 81.3 cm³/mol. The average molecular weight is 339 g/mol. The van der Waals surface area contributed by atoms with E-state index in [1.807, 2.05) is 20.2 Å². The van der Waals surface area contributed by atoms with Gasteiger partial charge in [-0.05, 0) is 32.1 Å². The number of hydrogen-bond donors (Lipinski definition) is 1. The van der Waals surface area contributed by atoms with E-state index in [1.165, 1.54) is 10.7 Å². The quantitative estimate of drug-likeness (QED) is 0.742. The molecule has 3 heterocycles. The van der Waals surface area contributed by atoms with Crippen molar-refractivity contribution in [1.29, 1.82) is 0 Å². The van der Waals surface area contributed by atoms with Crippen molar-refractivity contribution < 1.29 is 8.78 Å². The third kappa shape index (κ3) is 2.81. The molecule has 23 heavy (non-hydrogen) atoms. The highest BCUT2D eigenvalue weighted by Crippen LogP contribution is 2.20. The third-order valence-electron chi connectivity index (χ3n) is 3.49. The Bertz CT molecular complexity index is 902.